The first-order valence-electron chi connectivity index (χ1n) is 9.59. The van der Waals surface area contributed by atoms with Gasteiger partial charge in [-0.1, -0.05) is 24.3 Å². The Hall–Kier alpha value is -1.63. The van der Waals surface area contributed by atoms with Gasteiger partial charge >= 0.3 is 0 Å². The van der Waals surface area contributed by atoms with Gasteiger partial charge < -0.3 is 20.1 Å². The number of nitrogens with zero attached hydrogens (tertiary/aromatic N) is 2. The van der Waals surface area contributed by atoms with Crippen LogP contribution in [0, 0.1) is 0 Å². The van der Waals surface area contributed by atoms with Gasteiger partial charge in [0.25, 0.3) is 0 Å². The molecule has 1 fully saturated rings. The molecule has 0 bridgehead atoms. The van der Waals surface area contributed by atoms with Crippen molar-refractivity contribution < 1.29 is 9.47 Å². The summed E-state index contributed by atoms with van der Waals surface area (Å²) in [6, 6.07) is 8.61. The highest BCUT2D eigenvalue weighted by Crippen LogP contribution is 2.16. The standard InChI is InChI=1S/C20H34N4O2/c1-5-25-11-10-22-20(21-4)23-12-18-8-6-7-9-19(18)15-24-13-16(2)26-17(3)14-24/h6-9,16-17H,5,10-15H2,1-4H3,(H2,21,22,23). The minimum absolute atomic E-state index is 0.289. The first-order chi connectivity index (χ1) is 12.6. The summed E-state index contributed by atoms with van der Waals surface area (Å²) in [4.78, 5) is 6.76. The summed E-state index contributed by atoms with van der Waals surface area (Å²) in [5.41, 5.74) is 2.65. The van der Waals surface area contributed by atoms with Gasteiger partial charge in [-0.25, -0.2) is 0 Å². The maximum absolute atomic E-state index is 5.84. The number of aliphatic imine (C=N–C) groups is 1. The van der Waals surface area contributed by atoms with Gasteiger partial charge in [-0.05, 0) is 31.9 Å². The van der Waals surface area contributed by atoms with Crippen LogP contribution in [0.4, 0.5) is 0 Å². The normalized spacial score (nSPS) is 21.6. The summed E-state index contributed by atoms with van der Waals surface area (Å²) >= 11 is 0. The van der Waals surface area contributed by atoms with Gasteiger partial charge in [-0.2, -0.15) is 0 Å². The average Bonchev–Trinajstić information content (AvgIpc) is 2.61. The fourth-order valence-electron chi connectivity index (χ4n) is 3.32. The molecule has 1 aliphatic rings. The zero-order valence-electron chi connectivity index (χ0n) is 16.6. The number of rotatable bonds is 8. The molecule has 0 saturated carbocycles. The van der Waals surface area contributed by atoms with Gasteiger partial charge in [0.2, 0.25) is 0 Å². The Bertz CT molecular complexity index is 554. The molecular weight excluding hydrogens is 328 g/mol. The predicted octanol–water partition coefficient (Wildman–Crippen LogP) is 2.00. The molecule has 146 valence electrons. The molecule has 2 N–H and O–H groups in total. The average molecular weight is 363 g/mol. The lowest BCUT2D eigenvalue weighted by molar-refractivity contribution is -0.0705. The highest BCUT2D eigenvalue weighted by atomic mass is 16.5. The molecule has 2 atom stereocenters. The lowest BCUT2D eigenvalue weighted by atomic mass is 10.1. The number of morpholine rings is 1. The van der Waals surface area contributed by atoms with Crippen LogP contribution in [0.15, 0.2) is 29.3 Å². The third-order valence-electron chi connectivity index (χ3n) is 4.42. The molecule has 6 heteroatoms. The summed E-state index contributed by atoms with van der Waals surface area (Å²) < 4.78 is 11.2. The SMILES string of the molecule is CCOCCNC(=NC)NCc1ccccc1CN1CC(C)OC(C)C1. The molecule has 1 heterocycles. The summed E-state index contributed by atoms with van der Waals surface area (Å²) in [6.45, 7) is 12.1. The van der Waals surface area contributed by atoms with Crippen molar-refractivity contribution in [3.05, 3.63) is 35.4 Å². The van der Waals surface area contributed by atoms with E-state index in [-0.39, 0.29) is 12.2 Å². The lowest BCUT2D eigenvalue weighted by Gasteiger charge is -2.35. The van der Waals surface area contributed by atoms with Crippen molar-refractivity contribution >= 4 is 5.96 Å². The van der Waals surface area contributed by atoms with E-state index in [0.29, 0.717) is 6.61 Å². The molecule has 0 amide bonds. The van der Waals surface area contributed by atoms with Gasteiger partial charge in [0.15, 0.2) is 5.96 Å². The van der Waals surface area contributed by atoms with E-state index < -0.39 is 0 Å². The topological polar surface area (TPSA) is 58.1 Å². The molecule has 2 unspecified atom stereocenters. The van der Waals surface area contributed by atoms with Crippen molar-refractivity contribution in [1.82, 2.24) is 15.5 Å². The highest BCUT2D eigenvalue weighted by molar-refractivity contribution is 5.79. The van der Waals surface area contributed by atoms with Crippen molar-refractivity contribution in [1.29, 1.82) is 0 Å². The molecule has 1 aromatic carbocycles. The number of hydrogen-bond donors (Lipinski definition) is 2. The number of hydrogen-bond acceptors (Lipinski definition) is 4. The Morgan fingerprint density at radius 3 is 2.54 bits per heavy atom. The quantitative estimate of drug-likeness (QED) is 0.421. The van der Waals surface area contributed by atoms with Crippen LogP contribution in [0.25, 0.3) is 0 Å². The second-order valence-electron chi connectivity index (χ2n) is 6.77. The van der Waals surface area contributed by atoms with Gasteiger partial charge in [0.05, 0.1) is 18.8 Å². The molecule has 0 radical (unpaired) electrons. The second kappa shape index (κ2) is 11.2. The van der Waals surface area contributed by atoms with Crippen molar-refractivity contribution in [2.24, 2.45) is 4.99 Å². The summed E-state index contributed by atoms with van der Waals surface area (Å²) in [5.74, 6) is 0.799. The Kier molecular flexibility index (Phi) is 8.88. The summed E-state index contributed by atoms with van der Waals surface area (Å²) in [5, 5.41) is 6.67. The van der Waals surface area contributed by atoms with Crippen LogP contribution in [0.2, 0.25) is 0 Å². The van der Waals surface area contributed by atoms with Crippen LogP contribution < -0.4 is 10.6 Å². The first-order valence-corrected chi connectivity index (χ1v) is 9.59. The monoisotopic (exact) mass is 362 g/mol. The van der Waals surface area contributed by atoms with E-state index in [0.717, 1.165) is 45.3 Å². The van der Waals surface area contributed by atoms with Crippen LogP contribution in [0.5, 0.6) is 0 Å². The minimum Gasteiger partial charge on any atom is -0.380 e. The third kappa shape index (κ3) is 6.94. The Morgan fingerprint density at radius 2 is 1.88 bits per heavy atom. The van der Waals surface area contributed by atoms with Crippen LogP contribution in [0.3, 0.4) is 0 Å². The molecule has 1 aromatic rings. The van der Waals surface area contributed by atoms with E-state index in [4.69, 9.17) is 9.47 Å². The Labute approximate surface area is 158 Å². The number of nitrogens with one attached hydrogen (secondary N) is 2. The fourth-order valence-corrected chi connectivity index (χ4v) is 3.32. The summed E-state index contributed by atoms with van der Waals surface area (Å²) in [7, 11) is 1.79. The smallest absolute Gasteiger partial charge is 0.191 e. The van der Waals surface area contributed by atoms with Crippen molar-refractivity contribution in [2.45, 2.75) is 46.1 Å². The van der Waals surface area contributed by atoms with E-state index >= 15 is 0 Å². The number of guanidine groups is 1. The fraction of sp³-hybridized carbons (Fsp3) is 0.650. The number of benzene rings is 1. The Morgan fingerprint density at radius 1 is 1.19 bits per heavy atom. The molecule has 1 saturated heterocycles. The Balaban J connectivity index is 1.89. The van der Waals surface area contributed by atoms with Crippen LogP contribution >= 0.6 is 0 Å². The summed E-state index contributed by atoms with van der Waals surface area (Å²) in [6.07, 6.45) is 0.579. The van der Waals surface area contributed by atoms with Crippen LogP contribution in [-0.4, -0.2) is 63.0 Å². The van der Waals surface area contributed by atoms with Gasteiger partial charge in [-0.15, -0.1) is 0 Å². The number of ether oxygens (including phenoxy) is 2. The molecule has 2 rings (SSSR count). The zero-order valence-corrected chi connectivity index (χ0v) is 16.6. The molecule has 26 heavy (non-hydrogen) atoms. The van der Waals surface area contributed by atoms with E-state index in [2.05, 4.69) is 58.6 Å². The maximum Gasteiger partial charge on any atom is 0.191 e. The van der Waals surface area contributed by atoms with E-state index in [1.807, 2.05) is 6.92 Å². The van der Waals surface area contributed by atoms with Crippen LogP contribution in [-0.2, 0) is 22.6 Å². The van der Waals surface area contributed by atoms with Gasteiger partial charge in [-0.3, -0.25) is 9.89 Å². The van der Waals surface area contributed by atoms with E-state index in [1.54, 1.807) is 7.05 Å². The minimum atomic E-state index is 0.289. The van der Waals surface area contributed by atoms with E-state index in [1.165, 1.54) is 11.1 Å². The molecule has 1 aliphatic heterocycles. The molecule has 0 aliphatic carbocycles. The lowest BCUT2D eigenvalue weighted by Crippen LogP contribution is -2.45. The predicted molar refractivity (Wildman–Crippen MR) is 106 cm³/mol. The third-order valence-corrected chi connectivity index (χ3v) is 4.42. The maximum atomic E-state index is 5.84. The van der Waals surface area contributed by atoms with Gasteiger partial charge in [0, 0.05) is 46.4 Å². The van der Waals surface area contributed by atoms with Crippen molar-refractivity contribution in [3.63, 3.8) is 0 Å². The highest BCUT2D eigenvalue weighted by Gasteiger charge is 2.22. The van der Waals surface area contributed by atoms with E-state index in [9.17, 15) is 0 Å². The molecule has 0 aromatic heterocycles. The first kappa shape index (κ1) is 20.7. The molecular formula is C20H34N4O2. The van der Waals surface area contributed by atoms with Crippen molar-refractivity contribution in [3.8, 4) is 0 Å². The molecule has 0 spiro atoms. The van der Waals surface area contributed by atoms with Crippen molar-refractivity contribution in [2.75, 3.05) is 39.9 Å². The second-order valence-corrected chi connectivity index (χ2v) is 6.77. The largest absolute Gasteiger partial charge is 0.380 e. The van der Waals surface area contributed by atoms with Crippen LogP contribution in [0.1, 0.15) is 31.9 Å². The molecule has 6 nitrogen and oxygen atoms in total. The zero-order chi connectivity index (χ0) is 18.8. The van der Waals surface area contributed by atoms with Gasteiger partial charge in [0.1, 0.15) is 0 Å².